The molecule has 0 amide bonds. The molecule has 0 saturated heterocycles. The van der Waals surface area contributed by atoms with Crippen LogP contribution in [0.25, 0.3) is 0 Å². The van der Waals surface area contributed by atoms with Crippen LogP contribution in [0.1, 0.15) is 13.8 Å². The molecule has 26 heavy (non-hydrogen) atoms. The highest BCUT2D eigenvalue weighted by molar-refractivity contribution is 5.30. The van der Waals surface area contributed by atoms with Gasteiger partial charge in [0, 0.05) is 0 Å². The van der Waals surface area contributed by atoms with Gasteiger partial charge in [-0.15, -0.1) is 0 Å². The first-order chi connectivity index (χ1) is 12.0. The van der Waals surface area contributed by atoms with E-state index in [0.717, 1.165) is 30.4 Å². The van der Waals surface area contributed by atoms with Crippen molar-refractivity contribution in [3.05, 3.63) is 73.3 Å². The molecule has 0 aromatic heterocycles. The van der Waals surface area contributed by atoms with E-state index < -0.39 is 35.1 Å². The zero-order valence-electron chi connectivity index (χ0n) is 14.1. The first-order valence-electron chi connectivity index (χ1n) is 7.41. The lowest BCUT2D eigenvalue weighted by Crippen LogP contribution is -2.87. The molecule has 8 heteroatoms. The topological polar surface area (TPSA) is 18.5 Å². The fraction of sp³-hybridized carbons (Fsp3) is 0.333. The van der Waals surface area contributed by atoms with Crippen molar-refractivity contribution < 1.29 is 35.8 Å². The number of hydrogen-bond acceptors (Lipinski definition) is 2. The lowest BCUT2D eigenvalue weighted by molar-refractivity contribution is -0.544. The SMILES string of the molecule is C=C/C=C\C(=C/C)OC1(F)C(F)(F)C(F)(F)C1(F)O/C(C=C)=C/C=C\C. The Balaban J connectivity index is 3.39. The van der Waals surface area contributed by atoms with E-state index in [4.69, 9.17) is 0 Å². The van der Waals surface area contributed by atoms with Gasteiger partial charge in [0.2, 0.25) is 0 Å². The highest BCUT2D eigenvalue weighted by Gasteiger charge is 3.03. The molecule has 1 saturated carbocycles. The quantitative estimate of drug-likeness (QED) is 0.295. The van der Waals surface area contributed by atoms with Gasteiger partial charge in [0.05, 0.1) is 0 Å². The Morgan fingerprint density at radius 2 is 1.31 bits per heavy atom. The van der Waals surface area contributed by atoms with Crippen molar-refractivity contribution in [1.29, 1.82) is 0 Å². The van der Waals surface area contributed by atoms with Crippen molar-refractivity contribution >= 4 is 0 Å². The van der Waals surface area contributed by atoms with Crippen LogP contribution >= 0.6 is 0 Å². The van der Waals surface area contributed by atoms with Crippen LogP contribution in [0, 0.1) is 0 Å². The van der Waals surface area contributed by atoms with Crippen LogP contribution in [-0.4, -0.2) is 23.6 Å². The molecule has 2 atom stereocenters. The maximum atomic E-state index is 14.8. The van der Waals surface area contributed by atoms with Crippen LogP contribution in [0.2, 0.25) is 0 Å². The summed E-state index contributed by atoms with van der Waals surface area (Å²) in [7, 11) is 0. The van der Waals surface area contributed by atoms with Crippen LogP contribution in [0.15, 0.2) is 73.3 Å². The molecule has 1 aliphatic carbocycles. The smallest absolute Gasteiger partial charge is 0.395 e. The van der Waals surface area contributed by atoms with Gasteiger partial charge in [0.25, 0.3) is 0 Å². The van der Waals surface area contributed by atoms with Gasteiger partial charge in [-0.05, 0) is 38.2 Å². The maximum Gasteiger partial charge on any atom is 0.395 e. The molecule has 0 N–H and O–H groups in total. The van der Waals surface area contributed by atoms with Crippen molar-refractivity contribution in [2.75, 3.05) is 0 Å². The number of ether oxygens (including phenoxy) is 2. The van der Waals surface area contributed by atoms with Gasteiger partial charge in [-0.25, -0.2) is 0 Å². The van der Waals surface area contributed by atoms with Crippen LogP contribution < -0.4 is 0 Å². The number of rotatable bonds is 8. The molecular weight excluding hydrogens is 362 g/mol. The van der Waals surface area contributed by atoms with Gasteiger partial charge in [-0.1, -0.05) is 37.5 Å². The third kappa shape index (κ3) is 2.97. The van der Waals surface area contributed by atoms with Crippen molar-refractivity contribution in [2.45, 2.75) is 37.4 Å². The average molecular weight is 380 g/mol. The minimum absolute atomic E-state index is 0.620. The molecule has 0 heterocycles. The molecule has 1 fully saturated rings. The summed E-state index contributed by atoms with van der Waals surface area (Å²) in [5.41, 5.74) is 0. The third-order valence-corrected chi connectivity index (χ3v) is 3.47. The third-order valence-electron chi connectivity index (χ3n) is 3.47. The average Bonchev–Trinajstić information content (AvgIpc) is 2.60. The summed E-state index contributed by atoms with van der Waals surface area (Å²) in [5, 5.41) is 0. The first kappa shape index (κ1) is 21.7. The highest BCUT2D eigenvalue weighted by atomic mass is 19.3. The predicted molar refractivity (Wildman–Crippen MR) is 85.9 cm³/mol. The Kier molecular flexibility index (Phi) is 6.22. The number of allylic oxidation sites excluding steroid dienone is 8. The van der Waals surface area contributed by atoms with Gasteiger partial charge < -0.3 is 9.47 Å². The van der Waals surface area contributed by atoms with Crippen LogP contribution in [0.3, 0.4) is 0 Å². The van der Waals surface area contributed by atoms with E-state index >= 15 is 0 Å². The molecule has 2 unspecified atom stereocenters. The second kappa shape index (κ2) is 7.47. The first-order valence-corrected chi connectivity index (χ1v) is 7.41. The summed E-state index contributed by atoms with van der Waals surface area (Å²) in [6.45, 7) is 9.28. The fourth-order valence-electron chi connectivity index (χ4n) is 2.02. The number of halogens is 6. The van der Waals surface area contributed by atoms with Crippen molar-refractivity contribution in [1.82, 2.24) is 0 Å². The largest absolute Gasteiger partial charge is 0.447 e. The van der Waals surface area contributed by atoms with Crippen molar-refractivity contribution in [3.8, 4) is 0 Å². The van der Waals surface area contributed by atoms with Crippen molar-refractivity contribution in [2.24, 2.45) is 0 Å². The van der Waals surface area contributed by atoms with Gasteiger partial charge in [-0.2, -0.15) is 26.3 Å². The number of hydrogen-bond donors (Lipinski definition) is 0. The minimum Gasteiger partial charge on any atom is -0.447 e. The Morgan fingerprint density at radius 3 is 1.69 bits per heavy atom. The molecule has 0 radical (unpaired) electrons. The summed E-state index contributed by atoms with van der Waals surface area (Å²) in [5.74, 6) is -21.9. The molecule has 1 rings (SSSR count). The van der Waals surface area contributed by atoms with Gasteiger partial charge in [0.15, 0.2) is 0 Å². The standard InChI is InChI=1S/C18H18F6O2/c1-5-9-11-13(7-3)25-17(23)15(19,20)16(21,22)18(17,24)26-14(8-4)12-10-6-2/h5-12H,1,4H2,2-3H3/b10-6-,11-9-,13-7+,14-12+. The Morgan fingerprint density at radius 1 is 0.808 bits per heavy atom. The van der Waals surface area contributed by atoms with Gasteiger partial charge >= 0.3 is 23.6 Å². The Labute approximate surface area is 147 Å². The summed E-state index contributed by atoms with van der Waals surface area (Å²) in [6.07, 6.45) is 8.67. The highest BCUT2D eigenvalue weighted by Crippen LogP contribution is 2.69. The van der Waals surface area contributed by atoms with Gasteiger partial charge in [-0.3, -0.25) is 0 Å². The monoisotopic (exact) mass is 380 g/mol. The predicted octanol–water partition coefficient (Wildman–Crippen LogP) is 5.93. The Hall–Kier alpha value is -2.38. The molecular formula is C18H18F6O2. The van der Waals surface area contributed by atoms with E-state index in [0.29, 0.717) is 0 Å². The lowest BCUT2D eigenvalue weighted by Gasteiger charge is -2.55. The fourth-order valence-corrected chi connectivity index (χ4v) is 2.02. The summed E-state index contributed by atoms with van der Waals surface area (Å²) >= 11 is 0. The number of alkyl halides is 6. The second-order valence-corrected chi connectivity index (χ2v) is 5.13. The molecule has 0 spiro atoms. The summed E-state index contributed by atoms with van der Waals surface area (Å²) in [4.78, 5) is 0. The zero-order chi connectivity index (χ0) is 20.2. The van der Waals surface area contributed by atoms with Crippen LogP contribution in [0.4, 0.5) is 26.3 Å². The molecule has 0 bridgehead atoms. The summed E-state index contributed by atoms with van der Waals surface area (Å²) < 4.78 is 93.2. The van der Waals surface area contributed by atoms with Crippen LogP contribution in [-0.2, 0) is 9.47 Å². The van der Waals surface area contributed by atoms with E-state index in [1.54, 1.807) is 6.92 Å². The molecule has 0 aromatic rings. The lowest BCUT2D eigenvalue weighted by atomic mass is 9.76. The van der Waals surface area contributed by atoms with E-state index in [-0.39, 0.29) is 0 Å². The zero-order valence-corrected chi connectivity index (χ0v) is 14.1. The molecule has 0 aliphatic heterocycles. The maximum absolute atomic E-state index is 14.8. The minimum atomic E-state index is -5.49. The van der Waals surface area contributed by atoms with E-state index in [9.17, 15) is 26.3 Å². The molecule has 0 aromatic carbocycles. The normalized spacial score (nSPS) is 30.9. The van der Waals surface area contributed by atoms with Crippen molar-refractivity contribution in [3.63, 3.8) is 0 Å². The van der Waals surface area contributed by atoms with E-state index in [2.05, 4.69) is 22.6 Å². The second-order valence-electron chi connectivity index (χ2n) is 5.13. The molecule has 144 valence electrons. The molecule has 2 nitrogen and oxygen atoms in total. The van der Waals surface area contributed by atoms with E-state index in [1.807, 2.05) is 0 Å². The molecule has 1 aliphatic rings. The van der Waals surface area contributed by atoms with Crippen LogP contribution in [0.5, 0.6) is 0 Å². The Bertz CT molecular complexity index is 677. The van der Waals surface area contributed by atoms with E-state index in [1.165, 1.54) is 25.2 Å². The van der Waals surface area contributed by atoms with Gasteiger partial charge in [0.1, 0.15) is 11.5 Å². The summed E-state index contributed by atoms with van der Waals surface area (Å²) in [6, 6.07) is 0.